The van der Waals surface area contributed by atoms with E-state index in [9.17, 15) is 9.59 Å². The van der Waals surface area contributed by atoms with Gasteiger partial charge in [0, 0.05) is 17.7 Å². The lowest BCUT2D eigenvalue weighted by Gasteiger charge is -2.18. The standard InChI is InChI=1S/C11H14N2O4/c1-5-3-13(11(16)12-9(5)15)10-7-2-6(7)8(4-14)17-10/h3,6-8,10,14H,2,4H2,1H3,(H,12,15,16)/t6-,7+,8-,10-/m0/s1. The number of aliphatic hydroxyl groups excluding tert-OH is 1. The highest BCUT2D eigenvalue weighted by atomic mass is 16.5. The van der Waals surface area contributed by atoms with E-state index in [0.717, 1.165) is 6.42 Å². The van der Waals surface area contributed by atoms with Gasteiger partial charge in [-0.05, 0) is 19.3 Å². The van der Waals surface area contributed by atoms with Crippen LogP contribution in [-0.2, 0) is 4.74 Å². The monoisotopic (exact) mass is 238 g/mol. The minimum Gasteiger partial charge on any atom is -0.394 e. The molecule has 92 valence electrons. The van der Waals surface area contributed by atoms with Crippen molar-refractivity contribution in [1.29, 1.82) is 0 Å². The minimum absolute atomic E-state index is 0.0191. The number of aryl methyl sites for hydroxylation is 1. The molecule has 2 heterocycles. The van der Waals surface area contributed by atoms with Crippen LogP contribution >= 0.6 is 0 Å². The quantitative estimate of drug-likeness (QED) is 0.718. The maximum absolute atomic E-state index is 11.7. The van der Waals surface area contributed by atoms with E-state index in [1.807, 2.05) is 0 Å². The number of nitrogens with one attached hydrogen (secondary N) is 1. The first kappa shape index (κ1) is 10.7. The van der Waals surface area contributed by atoms with Crippen LogP contribution in [0.15, 0.2) is 15.8 Å². The van der Waals surface area contributed by atoms with E-state index in [2.05, 4.69) is 4.98 Å². The van der Waals surface area contributed by atoms with E-state index in [0.29, 0.717) is 11.5 Å². The van der Waals surface area contributed by atoms with Crippen LogP contribution in [0.4, 0.5) is 0 Å². The zero-order valence-electron chi connectivity index (χ0n) is 9.42. The van der Waals surface area contributed by atoms with E-state index in [-0.39, 0.29) is 30.4 Å². The fourth-order valence-electron chi connectivity index (χ4n) is 2.60. The molecule has 1 saturated carbocycles. The Morgan fingerprint density at radius 2 is 2.29 bits per heavy atom. The summed E-state index contributed by atoms with van der Waals surface area (Å²) in [6, 6.07) is 0. The van der Waals surface area contributed by atoms with E-state index in [4.69, 9.17) is 9.84 Å². The molecule has 1 aliphatic heterocycles. The fourth-order valence-corrected chi connectivity index (χ4v) is 2.60. The van der Waals surface area contributed by atoms with Gasteiger partial charge in [-0.3, -0.25) is 14.3 Å². The van der Waals surface area contributed by atoms with Crippen molar-refractivity contribution in [3.05, 3.63) is 32.6 Å². The Morgan fingerprint density at radius 1 is 1.53 bits per heavy atom. The van der Waals surface area contributed by atoms with Crippen LogP contribution in [0, 0.1) is 18.8 Å². The predicted molar refractivity (Wildman–Crippen MR) is 58.7 cm³/mol. The minimum atomic E-state index is -0.449. The van der Waals surface area contributed by atoms with E-state index in [1.165, 1.54) is 10.8 Å². The summed E-state index contributed by atoms with van der Waals surface area (Å²) in [4.78, 5) is 25.2. The summed E-state index contributed by atoms with van der Waals surface area (Å²) in [5.74, 6) is 0.638. The molecule has 0 bridgehead atoms. The van der Waals surface area contributed by atoms with Gasteiger partial charge in [0.05, 0.1) is 12.7 Å². The van der Waals surface area contributed by atoms with Crippen molar-refractivity contribution in [3.63, 3.8) is 0 Å². The van der Waals surface area contributed by atoms with Gasteiger partial charge in [0.25, 0.3) is 5.56 Å². The Balaban J connectivity index is 1.98. The third-order valence-corrected chi connectivity index (χ3v) is 3.65. The Labute approximate surface area is 96.9 Å². The van der Waals surface area contributed by atoms with E-state index < -0.39 is 5.69 Å². The largest absolute Gasteiger partial charge is 0.394 e. The van der Waals surface area contributed by atoms with Crippen LogP contribution < -0.4 is 11.2 Å². The van der Waals surface area contributed by atoms with Crippen LogP contribution in [0.5, 0.6) is 0 Å². The summed E-state index contributed by atoms with van der Waals surface area (Å²) in [5.41, 5.74) is -0.331. The lowest BCUT2D eigenvalue weighted by atomic mass is 10.2. The highest BCUT2D eigenvalue weighted by molar-refractivity contribution is 5.06. The van der Waals surface area contributed by atoms with Crippen molar-refractivity contribution in [3.8, 4) is 0 Å². The van der Waals surface area contributed by atoms with E-state index >= 15 is 0 Å². The molecular formula is C11H14N2O4. The van der Waals surface area contributed by atoms with Gasteiger partial charge in [-0.15, -0.1) is 0 Å². The molecule has 0 aromatic carbocycles. The molecule has 2 fully saturated rings. The topological polar surface area (TPSA) is 84.3 Å². The number of ether oxygens (including phenoxy) is 1. The molecule has 0 spiro atoms. The maximum Gasteiger partial charge on any atom is 0.330 e. The third kappa shape index (κ3) is 1.56. The Hall–Kier alpha value is -1.40. The molecule has 0 radical (unpaired) electrons. The smallest absolute Gasteiger partial charge is 0.330 e. The van der Waals surface area contributed by atoms with Gasteiger partial charge in [-0.2, -0.15) is 0 Å². The van der Waals surface area contributed by atoms with Crippen LogP contribution in [0.1, 0.15) is 18.2 Å². The number of hydrogen-bond acceptors (Lipinski definition) is 4. The van der Waals surface area contributed by atoms with Gasteiger partial charge in [0.1, 0.15) is 6.23 Å². The van der Waals surface area contributed by atoms with Gasteiger partial charge < -0.3 is 9.84 Å². The SMILES string of the molecule is Cc1cn([C@H]2O[C@@H](CO)[C@H]3C[C@H]32)c(=O)[nH]c1=O. The van der Waals surface area contributed by atoms with Crippen molar-refractivity contribution in [2.24, 2.45) is 11.8 Å². The molecule has 1 saturated heterocycles. The Bertz CT molecular complexity index is 561. The second-order valence-corrected chi connectivity index (χ2v) is 4.79. The van der Waals surface area contributed by atoms with Gasteiger partial charge in [-0.25, -0.2) is 4.79 Å². The molecule has 2 aliphatic rings. The number of nitrogens with zero attached hydrogens (tertiary/aromatic N) is 1. The molecule has 1 aromatic heterocycles. The van der Waals surface area contributed by atoms with Crippen LogP contribution in [-0.4, -0.2) is 27.4 Å². The van der Waals surface area contributed by atoms with Crippen LogP contribution in [0.3, 0.4) is 0 Å². The zero-order valence-corrected chi connectivity index (χ0v) is 9.42. The summed E-state index contributed by atoms with van der Waals surface area (Å²) >= 11 is 0. The van der Waals surface area contributed by atoms with Crippen molar-refractivity contribution in [1.82, 2.24) is 9.55 Å². The lowest BCUT2D eigenvalue weighted by molar-refractivity contribution is -0.0517. The summed E-state index contributed by atoms with van der Waals surface area (Å²) < 4.78 is 7.05. The zero-order chi connectivity index (χ0) is 12.2. The first-order valence-corrected chi connectivity index (χ1v) is 5.70. The molecule has 0 unspecified atom stereocenters. The first-order chi connectivity index (χ1) is 8.11. The fraction of sp³-hybridized carbons (Fsp3) is 0.636. The van der Waals surface area contributed by atoms with Crippen LogP contribution in [0.2, 0.25) is 0 Å². The van der Waals surface area contributed by atoms with Crippen molar-refractivity contribution < 1.29 is 9.84 Å². The molecule has 6 nitrogen and oxygen atoms in total. The predicted octanol–water partition coefficient (Wildman–Crippen LogP) is -0.629. The normalized spacial score (nSPS) is 34.7. The number of hydrogen-bond donors (Lipinski definition) is 2. The summed E-state index contributed by atoms with van der Waals surface area (Å²) in [5, 5.41) is 9.13. The number of aliphatic hydroxyl groups is 1. The second kappa shape index (κ2) is 3.54. The summed E-state index contributed by atoms with van der Waals surface area (Å²) in [6.07, 6.45) is 1.98. The molecule has 3 rings (SSSR count). The lowest BCUT2D eigenvalue weighted by Crippen LogP contribution is -2.34. The van der Waals surface area contributed by atoms with E-state index in [1.54, 1.807) is 6.92 Å². The van der Waals surface area contributed by atoms with Crippen molar-refractivity contribution in [2.45, 2.75) is 25.7 Å². The van der Waals surface area contributed by atoms with Gasteiger partial charge in [0.15, 0.2) is 0 Å². The highest BCUT2D eigenvalue weighted by Gasteiger charge is 2.56. The van der Waals surface area contributed by atoms with Gasteiger partial charge in [0.2, 0.25) is 0 Å². The molecular weight excluding hydrogens is 224 g/mol. The molecule has 4 atom stereocenters. The number of aromatic nitrogens is 2. The molecule has 0 amide bonds. The average molecular weight is 238 g/mol. The molecule has 2 N–H and O–H groups in total. The average Bonchev–Trinajstić information content (AvgIpc) is 3.00. The molecule has 6 heteroatoms. The number of fused-ring (bicyclic) bond motifs is 1. The van der Waals surface area contributed by atoms with Crippen LogP contribution in [0.25, 0.3) is 0 Å². The van der Waals surface area contributed by atoms with Gasteiger partial charge in [-0.1, -0.05) is 0 Å². The third-order valence-electron chi connectivity index (χ3n) is 3.65. The van der Waals surface area contributed by atoms with Crippen molar-refractivity contribution in [2.75, 3.05) is 6.61 Å². The summed E-state index contributed by atoms with van der Waals surface area (Å²) in [7, 11) is 0. The number of aromatic amines is 1. The highest BCUT2D eigenvalue weighted by Crippen LogP contribution is 2.56. The Morgan fingerprint density at radius 3 is 2.94 bits per heavy atom. The first-order valence-electron chi connectivity index (χ1n) is 5.70. The molecule has 1 aromatic rings. The Kier molecular flexibility index (Phi) is 2.24. The maximum atomic E-state index is 11.7. The van der Waals surface area contributed by atoms with Gasteiger partial charge >= 0.3 is 5.69 Å². The second-order valence-electron chi connectivity index (χ2n) is 4.79. The van der Waals surface area contributed by atoms with Crippen molar-refractivity contribution >= 4 is 0 Å². The molecule has 1 aliphatic carbocycles. The molecule has 17 heavy (non-hydrogen) atoms. The number of rotatable bonds is 2. The summed E-state index contributed by atoms with van der Waals surface area (Å²) in [6.45, 7) is 1.63. The number of H-pyrrole nitrogens is 1.